The summed E-state index contributed by atoms with van der Waals surface area (Å²) < 4.78 is 0. The Balaban J connectivity index is 2.28. The molecule has 1 aromatic carbocycles. The summed E-state index contributed by atoms with van der Waals surface area (Å²) >= 11 is 0. The number of hydrogen-bond acceptors (Lipinski definition) is 2. The predicted octanol–water partition coefficient (Wildman–Crippen LogP) is 1.42. The van der Waals surface area contributed by atoms with E-state index < -0.39 is 0 Å². The van der Waals surface area contributed by atoms with Gasteiger partial charge < -0.3 is 10.3 Å². The van der Waals surface area contributed by atoms with Crippen LogP contribution in [-0.2, 0) is 0 Å². The maximum atomic E-state index is 11.5. The predicted molar refractivity (Wildman–Crippen MR) is 56.2 cm³/mol. The maximum Gasteiger partial charge on any atom is 0.252 e. The molecule has 0 aliphatic carbocycles. The van der Waals surface area contributed by atoms with Crippen LogP contribution >= 0.6 is 0 Å². The van der Waals surface area contributed by atoms with E-state index in [9.17, 15) is 4.79 Å². The summed E-state index contributed by atoms with van der Waals surface area (Å²) in [6, 6.07) is 9.17. The third-order valence-corrected chi connectivity index (χ3v) is 2.15. The average molecular weight is 199 g/mol. The van der Waals surface area contributed by atoms with Crippen molar-refractivity contribution in [2.75, 3.05) is 6.54 Å². The normalized spacial score (nSPS) is 9.80. The van der Waals surface area contributed by atoms with Crippen LogP contribution < -0.4 is 5.32 Å². The highest BCUT2D eigenvalue weighted by molar-refractivity contribution is 5.97. The van der Waals surface area contributed by atoms with Crippen LogP contribution in [0.25, 0.3) is 10.9 Å². The first-order valence-corrected chi connectivity index (χ1v) is 4.53. The molecule has 4 heteroatoms. The molecule has 2 rings (SSSR count). The number of fused-ring (bicyclic) bond motifs is 1. The summed E-state index contributed by atoms with van der Waals surface area (Å²) in [6.45, 7) is 0.0294. The van der Waals surface area contributed by atoms with Crippen LogP contribution in [0.4, 0.5) is 0 Å². The molecule has 0 saturated carbocycles. The fraction of sp³-hybridized carbons (Fsp3) is 0.0909. The van der Waals surface area contributed by atoms with Crippen molar-refractivity contribution in [1.82, 2.24) is 10.3 Å². The summed E-state index contributed by atoms with van der Waals surface area (Å²) in [5, 5.41) is 11.9. The first-order valence-electron chi connectivity index (χ1n) is 4.53. The van der Waals surface area contributed by atoms with Gasteiger partial charge in [-0.1, -0.05) is 6.07 Å². The highest BCUT2D eigenvalue weighted by Crippen LogP contribution is 2.13. The molecule has 74 valence electrons. The van der Waals surface area contributed by atoms with Gasteiger partial charge in [-0.2, -0.15) is 5.26 Å². The number of hydrogen-bond donors (Lipinski definition) is 2. The van der Waals surface area contributed by atoms with Crippen molar-refractivity contribution < 1.29 is 4.79 Å². The third kappa shape index (κ3) is 1.81. The summed E-state index contributed by atoms with van der Waals surface area (Å²) in [5.74, 6) is -0.229. The zero-order valence-corrected chi connectivity index (χ0v) is 7.95. The summed E-state index contributed by atoms with van der Waals surface area (Å²) in [5.41, 5.74) is 1.47. The van der Waals surface area contributed by atoms with Gasteiger partial charge in [-0.15, -0.1) is 0 Å². The second-order valence-electron chi connectivity index (χ2n) is 3.12. The van der Waals surface area contributed by atoms with Crippen molar-refractivity contribution in [2.24, 2.45) is 0 Å². The second-order valence-corrected chi connectivity index (χ2v) is 3.12. The first kappa shape index (κ1) is 9.28. The van der Waals surface area contributed by atoms with Gasteiger partial charge >= 0.3 is 0 Å². The number of nitrogens with zero attached hydrogens (tertiary/aromatic N) is 1. The molecule has 1 aromatic heterocycles. The van der Waals surface area contributed by atoms with Gasteiger partial charge in [-0.25, -0.2) is 0 Å². The number of aromatic amines is 1. The highest BCUT2D eigenvalue weighted by Gasteiger charge is 2.05. The van der Waals surface area contributed by atoms with E-state index in [4.69, 9.17) is 5.26 Å². The van der Waals surface area contributed by atoms with E-state index in [0.717, 1.165) is 10.9 Å². The minimum Gasteiger partial charge on any atom is -0.361 e. The van der Waals surface area contributed by atoms with Gasteiger partial charge in [-0.05, 0) is 23.6 Å². The Hall–Kier alpha value is -2.28. The van der Waals surface area contributed by atoms with Crippen molar-refractivity contribution in [3.63, 3.8) is 0 Å². The first-order chi connectivity index (χ1) is 7.31. The Morgan fingerprint density at radius 2 is 2.33 bits per heavy atom. The number of benzene rings is 1. The SMILES string of the molecule is N#CCNC(=O)c1ccc2cc[nH]c2c1. The quantitative estimate of drug-likeness (QED) is 0.718. The second kappa shape index (κ2) is 3.84. The molecule has 0 radical (unpaired) electrons. The number of carbonyl (C=O) groups excluding carboxylic acids is 1. The molecule has 0 fully saturated rings. The van der Waals surface area contributed by atoms with Crippen LogP contribution in [0.3, 0.4) is 0 Å². The third-order valence-electron chi connectivity index (χ3n) is 2.15. The minimum atomic E-state index is -0.229. The van der Waals surface area contributed by atoms with E-state index in [1.165, 1.54) is 0 Å². The van der Waals surface area contributed by atoms with Gasteiger partial charge in [0.1, 0.15) is 6.54 Å². The number of rotatable bonds is 2. The van der Waals surface area contributed by atoms with Gasteiger partial charge in [0.2, 0.25) is 0 Å². The van der Waals surface area contributed by atoms with Gasteiger partial charge in [0, 0.05) is 17.3 Å². The van der Waals surface area contributed by atoms with Crippen LogP contribution in [0.1, 0.15) is 10.4 Å². The fourth-order valence-corrected chi connectivity index (χ4v) is 1.41. The molecule has 0 bridgehead atoms. The molecule has 15 heavy (non-hydrogen) atoms. The summed E-state index contributed by atoms with van der Waals surface area (Å²) in [7, 11) is 0. The molecule has 0 unspecified atom stereocenters. The minimum absolute atomic E-state index is 0.0294. The Kier molecular flexibility index (Phi) is 2.38. The number of nitriles is 1. The lowest BCUT2D eigenvalue weighted by atomic mass is 10.1. The van der Waals surface area contributed by atoms with E-state index in [1.54, 1.807) is 12.1 Å². The van der Waals surface area contributed by atoms with Crippen LogP contribution in [0.5, 0.6) is 0 Å². The monoisotopic (exact) mass is 199 g/mol. The van der Waals surface area contributed by atoms with Gasteiger partial charge in [0.15, 0.2) is 0 Å². The number of carbonyl (C=O) groups is 1. The molecule has 0 aliphatic rings. The van der Waals surface area contributed by atoms with Gasteiger partial charge in [0.25, 0.3) is 5.91 Å². The zero-order valence-electron chi connectivity index (χ0n) is 7.95. The molecule has 1 heterocycles. The Morgan fingerprint density at radius 3 is 3.13 bits per heavy atom. The number of H-pyrrole nitrogens is 1. The van der Waals surface area contributed by atoms with E-state index in [-0.39, 0.29) is 12.5 Å². The molecule has 2 aromatic rings. The maximum absolute atomic E-state index is 11.5. The molecule has 2 N–H and O–H groups in total. The summed E-state index contributed by atoms with van der Waals surface area (Å²) in [6.07, 6.45) is 1.82. The molecule has 0 aliphatic heterocycles. The molecular weight excluding hydrogens is 190 g/mol. The van der Waals surface area contributed by atoms with E-state index in [1.807, 2.05) is 24.4 Å². The van der Waals surface area contributed by atoms with Crippen LogP contribution in [0.15, 0.2) is 30.5 Å². The Morgan fingerprint density at radius 1 is 1.47 bits per heavy atom. The van der Waals surface area contributed by atoms with Crippen molar-refractivity contribution >= 4 is 16.8 Å². The Labute approximate surface area is 86.5 Å². The number of aromatic nitrogens is 1. The molecule has 1 amide bonds. The lowest BCUT2D eigenvalue weighted by Gasteiger charge is -2.00. The smallest absolute Gasteiger partial charge is 0.252 e. The number of nitrogens with one attached hydrogen (secondary N) is 2. The summed E-state index contributed by atoms with van der Waals surface area (Å²) in [4.78, 5) is 14.5. The standard InChI is InChI=1S/C11H9N3O/c12-4-6-14-11(15)9-2-1-8-3-5-13-10(8)7-9/h1-3,5,7,13H,6H2,(H,14,15). The number of amides is 1. The van der Waals surface area contributed by atoms with Crippen molar-refractivity contribution in [2.45, 2.75) is 0 Å². The topological polar surface area (TPSA) is 68.7 Å². The van der Waals surface area contributed by atoms with E-state index in [2.05, 4.69) is 10.3 Å². The van der Waals surface area contributed by atoms with Crippen molar-refractivity contribution in [3.8, 4) is 6.07 Å². The van der Waals surface area contributed by atoms with Crippen LogP contribution in [0, 0.1) is 11.3 Å². The molecule has 0 spiro atoms. The van der Waals surface area contributed by atoms with Crippen molar-refractivity contribution in [3.05, 3.63) is 36.0 Å². The van der Waals surface area contributed by atoms with E-state index >= 15 is 0 Å². The Bertz CT molecular complexity index is 536. The largest absolute Gasteiger partial charge is 0.361 e. The molecule has 0 atom stereocenters. The van der Waals surface area contributed by atoms with Crippen LogP contribution in [-0.4, -0.2) is 17.4 Å². The van der Waals surface area contributed by atoms with Gasteiger partial charge in [0.05, 0.1) is 6.07 Å². The zero-order chi connectivity index (χ0) is 10.7. The fourth-order valence-electron chi connectivity index (χ4n) is 1.41. The highest BCUT2D eigenvalue weighted by atomic mass is 16.1. The lowest BCUT2D eigenvalue weighted by Crippen LogP contribution is -2.23. The molecule has 4 nitrogen and oxygen atoms in total. The lowest BCUT2D eigenvalue weighted by molar-refractivity contribution is 0.0958. The van der Waals surface area contributed by atoms with Crippen LogP contribution in [0.2, 0.25) is 0 Å². The van der Waals surface area contributed by atoms with E-state index in [0.29, 0.717) is 5.56 Å². The average Bonchev–Trinajstić information content (AvgIpc) is 2.72. The van der Waals surface area contributed by atoms with Gasteiger partial charge in [-0.3, -0.25) is 4.79 Å². The molecular formula is C11H9N3O. The molecule has 0 saturated heterocycles. The van der Waals surface area contributed by atoms with Crippen molar-refractivity contribution in [1.29, 1.82) is 5.26 Å².